The molecule has 0 saturated carbocycles. The fraction of sp³-hybridized carbons (Fsp3) is 0.588. The van der Waals surface area contributed by atoms with Crippen molar-refractivity contribution >= 4 is 29.2 Å². The number of thiophene rings is 1. The molecule has 0 unspecified atom stereocenters. The van der Waals surface area contributed by atoms with Gasteiger partial charge in [0.05, 0.1) is 13.1 Å². The number of imide groups is 1. The monoisotopic (exact) mass is 366 g/mol. The summed E-state index contributed by atoms with van der Waals surface area (Å²) >= 11 is 1.55. The number of hydrogen-bond acceptors (Lipinski definition) is 5. The minimum Gasteiger partial charge on any atom is -0.353 e. The van der Waals surface area contributed by atoms with Crippen molar-refractivity contribution in [1.29, 1.82) is 0 Å². The second kappa shape index (κ2) is 9.53. The van der Waals surface area contributed by atoms with Crippen molar-refractivity contribution in [3.05, 3.63) is 22.4 Å². The van der Waals surface area contributed by atoms with E-state index < -0.39 is 6.03 Å². The summed E-state index contributed by atoms with van der Waals surface area (Å²) in [6, 6.07) is 3.54. The van der Waals surface area contributed by atoms with Crippen molar-refractivity contribution in [1.82, 2.24) is 20.9 Å². The van der Waals surface area contributed by atoms with E-state index in [4.69, 9.17) is 0 Å². The number of hydrogen-bond donors (Lipinski definition) is 3. The molecule has 1 aliphatic rings. The molecule has 0 aliphatic carbocycles. The SMILES string of the molecule is CC(C)C(=O)NC1CCN(CC(=O)NC(=O)NCc2cccs2)CC1. The molecule has 0 bridgehead atoms. The average molecular weight is 366 g/mol. The van der Waals surface area contributed by atoms with Gasteiger partial charge >= 0.3 is 6.03 Å². The number of carbonyl (C=O) groups excluding carboxylic acids is 3. The van der Waals surface area contributed by atoms with Crippen LogP contribution in [0.3, 0.4) is 0 Å². The lowest BCUT2D eigenvalue weighted by Gasteiger charge is -2.32. The smallest absolute Gasteiger partial charge is 0.321 e. The van der Waals surface area contributed by atoms with Gasteiger partial charge in [0.15, 0.2) is 0 Å². The van der Waals surface area contributed by atoms with Crippen LogP contribution in [0.15, 0.2) is 17.5 Å². The summed E-state index contributed by atoms with van der Waals surface area (Å²) in [5.41, 5.74) is 0. The first-order chi connectivity index (χ1) is 11.9. The van der Waals surface area contributed by atoms with Crippen LogP contribution in [0.5, 0.6) is 0 Å². The van der Waals surface area contributed by atoms with Crippen LogP contribution in [0.1, 0.15) is 31.6 Å². The molecule has 25 heavy (non-hydrogen) atoms. The van der Waals surface area contributed by atoms with E-state index in [2.05, 4.69) is 16.0 Å². The van der Waals surface area contributed by atoms with Crippen LogP contribution in [0.4, 0.5) is 4.79 Å². The zero-order valence-electron chi connectivity index (χ0n) is 14.7. The molecule has 0 radical (unpaired) electrons. The number of nitrogens with zero attached hydrogens (tertiary/aromatic N) is 1. The maximum absolute atomic E-state index is 12.0. The van der Waals surface area contributed by atoms with Crippen molar-refractivity contribution in [2.75, 3.05) is 19.6 Å². The Kier molecular flexibility index (Phi) is 7.39. The predicted octanol–water partition coefficient (Wildman–Crippen LogP) is 1.31. The predicted molar refractivity (Wildman–Crippen MR) is 97.1 cm³/mol. The lowest BCUT2D eigenvalue weighted by Crippen LogP contribution is -2.49. The Morgan fingerprint density at radius 2 is 2.00 bits per heavy atom. The maximum Gasteiger partial charge on any atom is 0.321 e. The van der Waals surface area contributed by atoms with Crippen molar-refractivity contribution in [3.63, 3.8) is 0 Å². The van der Waals surface area contributed by atoms with Crippen LogP contribution in [0, 0.1) is 5.92 Å². The fourth-order valence-electron chi connectivity index (χ4n) is 2.60. The number of likely N-dealkylation sites (tertiary alicyclic amines) is 1. The number of amides is 4. The molecule has 2 heterocycles. The molecule has 0 aromatic carbocycles. The molecule has 1 aromatic rings. The highest BCUT2D eigenvalue weighted by molar-refractivity contribution is 7.09. The normalized spacial score (nSPS) is 15.8. The summed E-state index contributed by atoms with van der Waals surface area (Å²) < 4.78 is 0. The van der Waals surface area contributed by atoms with E-state index in [1.807, 2.05) is 36.3 Å². The van der Waals surface area contributed by atoms with Crippen molar-refractivity contribution in [2.45, 2.75) is 39.3 Å². The fourth-order valence-corrected chi connectivity index (χ4v) is 3.24. The number of piperidine rings is 1. The standard InChI is InChI=1S/C17H26N4O3S/c1-12(2)16(23)19-13-5-7-21(8-6-13)11-15(22)20-17(24)18-10-14-4-3-9-25-14/h3-4,9,12-13H,5-8,10-11H2,1-2H3,(H,19,23)(H2,18,20,22,24). The highest BCUT2D eigenvalue weighted by Crippen LogP contribution is 2.11. The highest BCUT2D eigenvalue weighted by atomic mass is 32.1. The minimum atomic E-state index is -0.475. The van der Waals surface area contributed by atoms with Crippen molar-refractivity contribution < 1.29 is 14.4 Å². The van der Waals surface area contributed by atoms with Crippen LogP contribution in [0.2, 0.25) is 0 Å². The molecule has 0 atom stereocenters. The molecule has 3 N–H and O–H groups in total. The molecular formula is C17H26N4O3S. The van der Waals surface area contributed by atoms with Gasteiger partial charge in [0, 0.05) is 29.9 Å². The molecule has 7 nitrogen and oxygen atoms in total. The van der Waals surface area contributed by atoms with Gasteiger partial charge in [0.1, 0.15) is 0 Å². The molecule has 138 valence electrons. The van der Waals surface area contributed by atoms with Crippen LogP contribution in [-0.2, 0) is 16.1 Å². The first-order valence-electron chi connectivity index (χ1n) is 8.57. The van der Waals surface area contributed by atoms with E-state index >= 15 is 0 Å². The molecule has 1 aliphatic heterocycles. The van der Waals surface area contributed by atoms with Gasteiger partial charge in [-0.15, -0.1) is 11.3 Å². The third-order valence-corrected chi connectivity index (χ3v) is 4.96. The van der Waals surface area contributed by atoms with E-state index in [9.17, 15) is 14.4 Å². The molecule has 1 aromatic heterocycles. The number of carbonyl (C=O) groups is 3. The van der Waals surface area contributed by atoms with Crippen LogP contribution < -0.4 is 16.0 Å². The van der Waals surface area contributed by atoms with E-state index in [1.54, 1.807) is 11.3 Å². The Hall–Kier alpha value is -1.93. The third kappa shape index (κ3) is 6.83. The summed E-state index contributed by atoms with van der Waals surface area (Å²) in [4.78, 5) is 38.4. The average Bonchev–Trinajstić information content (AvgIpc) is 3.08. The molecule has 4 amide bonds. The van der Waals surface area contributed by atoms with Crippen LogP contribution >= 0.6 is 11.3 Å². The Bertz CT molecular complexity index is 581. The summed E-state index contributed by atoms with van der Waals surface area (Å²) in [5, 5.41) is 9.98. The van der Waals surface area contributed by atoms with E-state index in [1.165, 1.54) is 0 Å². The first kappa shape index (κ1) is 19.4. The van der Waals surface area contributed by atoms with Gasteiger partial charge in [0.25, 0.3) is 0 Å². The van der Waals surface area contributed by atoms with Gasteiger partial charge in [0.2, 0.25) is 11.8 Å². The molecule has 1 saturated heterocycles. The van der Waals surface area contributed by atoms with Gasteiger partial charge in [-0.05, 0) is 24.3 Å². The highest BCUT2D eigenvalue weighted by Gasteiger charge is 2.23. The van der Waals surface area contributed by atoms with Crippen LogP contribution in [0.25, 0.3) is 0 Å². The molecular weight excluding hydrogens is 340 g/mol. The zero-order chi connectivity index (χ0) is 18.2. The third-order valence-electron chi connectivity index (χ3n) is 4.08. The number of nitrogens with one attached hydrogen (secondary N) is 3. The van der Waals surface area contributed by atoms with Gasteiger partial charge in [-0.1, -0.05) is 19.9 Å². The van der Waals surface area contributed by atoms with Crippen LogP contribution in [-0.4, -0.2) is 48.4 Å². The molecule has 0 spiro atoms. The van der Waals surface area contributed by atoms with Gasteiger partial charge in [-0.25, -0.2) is 4.79 Å². The lowest BCUT2D eigenvalue weighted by atomic mass is 10.0. The van der Waals surface area contributed by atoms with Crippen molar-refractivity contribution in [3.8, 4) is 0 Å². The second-order valence-corrected chi connectivity index (χ2v) is 7.56. The Morgan fingerprint density at radius 3 is 2.60 bits per heavy atom. The Balaban J connectivity index is 1.63. The topological polar surface area (TPSA) is 90.5 Å². The summed E-state index contributed by atoms with van der Waals surface area (Å²) in [7, 11) is 0. The summed E-state index contributed by atoms with van der Waals surface area (Å²) in [5.74, 6) is -0.261. The summed E-state index contributed by atoms with van der Waals surface area (Å²) in [6.45, 7) is 5.81. The molecule has 2 rings (SSSR count). The summed E-state index contributed by atoms with van der Waals surface area (Å²) in [6.07, 6.45) is 1.63. The van der Waals surface area contributed by atoms with E-state index in [-0.39, 0.29) is 30.3 Å². The lowest BCUT2D eigenvalue weighted by molar-refractivity contribution is -0.125. The molecule has 1 fully saturated rings. The first-order valence-corrected chi connectivity index (χ1v) is 9.45. The van der Waals surface area contributed by atoms with E-state index in [0.29, 0.717) is 6.54 Å². The zero-order valence-corrected chi connectivity index (χ0v) is 15.5. The Morgan fingerprint density at radius 1 is 1.28 bits per heavy atom. The van der Waals surface area contributed by atoms with Gasteiger partial charge < -0.3 is 10.6 Å². The number of rotatable bonds is 6. The van der Waals surface area contributed by atoms with E-state index in [0.717, 1.165) is 30.8 Å². The Labute approximate surface area is 152 Å². The largest absolute Gasteiger partial charge is 0.353 e. The quantitative estimate of drug-likeness (QED) is 0.708. The van der Waals surface area contributed by atoms with Crippen molar-refractivity contribution in [2.24, 2.45) is 5.92 Å². The van der Waals surface area contributed by atoms with Gasteiger partial charge in [-0.3, -0.25) is 19.8 Å². The second-order valence-electron chi connectivity index (χ2n) is 6.52. The maximum atomic E-state index is 12.0. The number of urea groups is 1. The van der Waals surface area contributed by atoms with Gasteiger partial charge in [-0.2, -0.15) is 0 Å². The minimum absolute atomic E-state index is 0.0171. The molecule has 8 heteroatoms.